The molecule has 0 atom stereocenters. The van der Waals surface area contributed by atoms with Crippen molar-refractivity contribution in [2.24, 2.45) is 4.99 Å². The van der Waals surface area contributed by atoms with E-state index in [1.165, 1.54) is 5.57 Å². The van der Waals surface area contributed by atoms with E-state index < -0.39 is 0 Å². The summed E-state index contributed by atoms with van der Waals surface area (Å²) in [5, 5.41) is 6.57. The number of aromatic nitrogens is 2. The highest BCUT2D eigenvalue weighted by Gasteiger charge is 2.21. The number of hydrogen-bond donors (Lipinski definition) is 2. The Morgan fingerprint density at radius 3 is 2.71 bits per heavy atom. The van der Waals surface area contributed by atoms with Gasteiger partial charge in [-0.2, -0.15) is 9.97 Å². The van der Waals surface area contributed by atoms with Gasteiger partial charge in [0, 0.05) is 37.8 Å². The third-order valence-corrected chi connectivity index (χ3v) is 5.57. The number of fused-ring (bicyclic) bond motifs is 1. The van der Waals surface area contributed by atoms with Gasteiger partial charge in [-0.15, -0.1) is 0 Å². The number of nitrogens with zero attached hydrogens (tertiary/aromatic N) is 4. The summed E-state index contributed by atoms with van der Waals surface area (Å²) in [7, 11) is 0. The minimum Gasteiger partial charge on any atom is -0.421 e. The van der Waals surface area contributed by atoms with Crippen LogP contribution in [0.2, 0.25) is 0 Å². The molecule has 2 N–H and O–H groups in total. The van der Waals surface area contributed by atoms with E-state index in [9.17, 15) is 0 Å². The second kappa shape index (κ2) is 8.11. The number of aliphatic imine (C=N–C) groups is 1. The Balaban J connectivity index is 1.47. The van der Waals surface area contributed by atoms with Crippen LogP contribution in [0.1, 0.15) is 25.0 Å². The molecule has 3 heterocycles. The number of hydrogen-bond acceptors (Lipinski definition) is 7. The van der Waals surface area contributed by atoms with Crippen molar-refractivity contribution < 1.29 is 9.13 Å². The molecule has 1 saturated heterocycles. The van der Waals surface area contributed by atoms with Crippen molar-refractivity contribution in [1.29, 1.82) is 0 Å². The number of allylic oxidation sites excluding steroid dienone is 1. The number of halogens is 1. The summed E-state index contributed by atoms with van der Waals surface area (Å²) in [5.41, 5.74) is 3.88. The van der Waals surface area contributed by atoms with Crippen molar-refractivity contribution in [2.45, 2.75) is 20.3 Å². The summed E-state index contributed by atoms with van der Waals surface area (Å²) in [6.45, 7) is 8.12. The quantitative estimate of drug-likeness (QED) is 0.788. The molecule has 0 radical (unpaired) electrons. The number of rotatable bonds is 4. The van der Waals surface area contributed by atoms with Gasteiger partial charge in [0.15, 0.2) is 11.6 Å². The van der Waals surface area contributed by atoms with E-state index >= 15 is 4.39 Å². The van der Waals surface area contributed by atoms with Gasteiger partial charge in [0.25, 0.3) is 0 Å². The van der Waals surface area contributed by atoms with Crippen molar-refractivity contribution in [2.75, 3.05) is 42.9 Å². The van der Waals surface area contributed by atoms with Gasteiger partial charge in [0.05, 0.1) is 6.54 Å². The molecular formula is C23H25FN6O. The van der Waals surface area contributed by atoms with Crippen LogP contribution in [-0.2, 0) is 6.42 Å². The van der Waals surface area contributed by atoms with Gasteiger partial charge >= 0.3 is 6.01 Å². The zero-order valence-corrected chi connectivity index (χ0v) is 17.7. The summed E-state index contributed by atoms with van der Waals surface area (Å²) in [6.07, 6.45) is 4.63. The fourth-order valence-corrected chi connectivity index (χ4v) is 4.02. The van der Waals surface area contributed by atoms with E-state index in [1.807, 2.05) is 38.1 Å². The summed E-state index contributed by atoms with van der Waals surface area (Å²) in [6, 6.07) is 5.55. The van der Waals surface area contributed by atoms with Crippen LogP contribution in [0.3, 0.4) is 0 Å². The van der Waals surface area contributed by atoms with Crippen LogP contribution in [-0.4, -0.2) is 48.5 Å². The fraction of sp³-hybridized carbons (Fsp3) is 0.348. The molecule has 0 bridgehead atoms. The lowest BCUT2D eigenvalue weighted by atomic mass is 10.1. The van der Waals surface area contributed by atoms with E-state index in [2.05, 4.69) is 30.5 Å². The van der Waals surface area contributed by atoms with Crippen LogP contribution in [0.4, 0.5) is 16.0 Å². The minimum absolute atomic E-state index is 0.107. The first-order chi connectivity index (χ1) is 15.0. The number of benzene rings is 1. The van der Waals surface area contributed by atoms with E-state index in [0.29, 0.717) is 17.9 Å². The largest absolute Gasteiger partial charge is 0.421 e. The van der Waals surface area contributed by atoms with Gasteiger partial charge in [-0.25, -0.2) is 4.39 Å². The minimum atomic E-state index is -0.376. The molecule has 1 aromatic heterocycles. The summed E-state index contributed by atoms with van der Waals surface area (Å²) in [4.78, 5) is 15.7. The third kappa shape index (κ3) is 4.16. The molecule has 31 heavy (non-hydrogen) atoms. The molecule has 2 aliphatic heterocycles. The Hall–Kier alpha value is -3.26. The fourth-order valence-electron chi connectivity index (χ4n) is 4.02. The average molecular weight is 420 g/mol. The van der Waals surface area contributed by atoms with Crippen molar-refractivity contribution in [3.05, 3.63) is 52.4 Å². The maximum absolute atomic E-state index is 15.1. The topological polar surface area (TPSA) is 74.7 Å². The Morgan fingerprint density at radius 2 is 1.94 bits per heavy atom. The number of anilines is 2. The second-order valence-electron chi connectivity index (χ2n) is 8.17. The van der Waals surface area contributed by atoms with E-state index in [4.69, 9.17) is 4.74 Å². The molecule has 0 amide bonds. The molecule has 1 fully saturated rings. The van der Waals surface area contributed by atoms with E-state index in [1.54, 1.807) is 6.07 Å². The molecule has 2 aromatic rings. The Labute approximate surface area is 180 Å². The molecule has 0 saturated carbocycles. The number of amidine groups is 1. The molecule has 0 spiro atoms. The first-order valence-electron chi connectivity index (χ1n) is 10.5. The third-order valence-electron chi connectivity index (χ3n) is 5.57. The summed E-state index contributed by atoms with van der Waals surface area (Å²) in [5.74, 6) is 1.81. The average Bonchev–Trinajstić information content (AvgIpc) is 3.35. The highest BCUT2D eigenvalue weighted by atomic mass is 19.1. The molecule has 1 aliphatic carbocycles. The molecule has 160 valence electrons. The predicted molar refractivity (Wildman–Crippen MR) is 121 cm³/mol. The number of nitrogens with one attached hydrogen (secondary N) is 2. The van der Waals surface area contributed by atoms with Gasteiger partial charge in [-0.3, -0.25) is 4.99 Å². The molecule has 0 unspecified atom stereocenters. The zero-order valence-electron chi connectivity index (χ0n) is 17.7. The van der Waals surface area contributed by atoms with Gasteiger partial charge in [-0.1, -0.05) is 17.7 Å². The SMILES string of the molecule is CC1=CC(Nc2cc(N3CCNCC3)nc(Oc3ccc4c(c3F)C=C(C)C4)n2)=NC1. The van der Waals surface area contributed by atoms with Crippen molar-refractivity contribution in [3.8, 4) is 11.8 Å². The monoisotopic (exact) mass is 420 g/mol. The summed E-state index contributed by atoms with van der Waals surface area (Å²) < 4.78 is 20.9. The molecule has 3 aliphatic rings. The van der Waals surface area contributed by atoms with Crippen molar-refractivity contribution in [1.82, 2.24) is 15.3 Å². The van der Waals surface area contributed by atoms with Gasteiger partial charge < -0.3 is 20.3 Å². The second-order valence-corrected chi connectivity index (χ2v) is 8.17. The molecule has 5 rings (SSSR count). The highest BCUT2D eigenvalue weighted by Crippen LogP contribution is 2.34. The van der Waals surface area contributed by atoms with Crippen LogP contribution in [0.5, 0.6) is 11.8 Å². The predicted octanol–water partition coefficient (Wildman–Crippen LogP) is 3.55. The van der Waals surface area contributed by atoms with Crippen LogP contribution in [0.15, 0.2) is 40.4 Å². The first kappa shape index (κ1) is 19.7. The van der Waals surface area contributed by atoms with E-state index in [0.717, 1.165) is 55.4 Å². The smallest absolute Gasteiger partial charge is 0.326 e. The lowest BCUT2D eigenvalue weighted by Crippen LogP contribution is -2.44. The molecule has 7 nitrogen and oxygen atoms in total. The van der Waals surface area contributed by atoms with Crippen LogP contribution in [0, 0.1) is 5.82 Å². The van der Waals surface area contributed by atoms with Crippen LogP contribution >= 0.6 is 0 Å². The van der Waals surface area contributed by atoms with Crippen molar-refractivity contribution in [3.63, 3.8) is 0 Å². The molecular weight excluding hydrogens is 395 g/mol. The molecule has 1 aromatic carbocycles. The number of ether oxygens (including phenoxy) is 1. The Bertz CT molecular complexity index is 1120. The zero-order chi connectivity index (χ0) is 21.4. The van der Waals surface area contributed by atoms with Crippen LogP contribution in [0.25, 0.3) is 6.08 Å². The van der Waals surface area contributed by atoms with Crippen molar-refractivity contribution >= 4 is 23.5 Å². The maximum atomic E-state index is 15.1. The van der Waals surface area contributed by atoms with Gasteiger partial charge in [0.1, 0.15) is 17.5 Å². The Kier molecular flexibility index (Phi) is 5.15. The normalized spacial score (nSPS) is 17.8. The lowest BCUT2D eigenvalue weighted by Gasteiger charge is -2.28. The molecule has 8 heteroatoms. The maximum Gasteiger partial charge on any atom is 0.326 e. The summed E-state index contributed by atoms with van der Waals surface area (Å²) >= 11 is 0. The standard InChI is InChI=1S/C23H25FN6O/c1-14-9-16-3-4-18(22(24)17(16)10-14)31-23-28-20(27-19-11-15(2)13-26-19)12-21(29-23)30-7-5-25-6-8-30/h3-4,10-12,25H,5-9,13H2,1-2H3,(H,26,27,28,29). The first-order valence-corrected chi connectivity index (χ1v) is 10.5. The van der Waals surface area contributed by atoms with Gasteiger partial charge in [-0.05, 0) is 43.5 Å². The van der Waals surface area contributed by atoms with Gasteiger partial charge in [0.2, 0.25) is 0 Å². The Morgan fingerprint density at radius 1 is 1.10 bits per heavy atom. The number of piperazine rings is 1. The highest BCUT2D eigenvalue weighted by molar-refractivity contribution is 6.05. The lowest BCUT2D eigenvalue weighted by molar-refractivity contribution is 0.410. The van der Waals surface area contributed by atoms with E-state index in [-0.39, 0.29) is 17.6 Å². The van der Waals surface area contributed by atoms with Crippen LogP contribution < -0.4 is 20.3 Å².